The molecule has 2 bridgehead atoms. The molecule has 2 nitrogen and oxygen atoms in total. The fourth-order valence-corrected chi connectivity index (χ4v) is 2.49. The third-order valence-electron chi connectivity index (χ3n) is 3.29. The van der Waals surface area contributed by atoms with Crippen LogP contribution in [-0.4, -0.2) is 37.3 Å². The molecule has 2 N–H and O–H groups in total. The predicted molar refractivity (Wildman–Crippen MR) is 46.6 cm³/mol. The summed E-state index contributed by atoms with van der Waals surface area (Å²) in [5, 5.41) is 0. The van der Waals surface area contributed by atoms with Gasteiger partial charge in [0.1, 0.15) is 0 Å². The molecule has 1 saturated carbocycles. The van der Waals surface area contributed by atoms with Crippen LogP contribution in [0.15, 0.2) is 0 Å². The van der Waals surface area contributed by atoms with Crippen LogP contribution in [0.4, 0.5) is 4.39 Å². The molecule has 0 aromatic carbocycles. The Balaban J connectivity index is 1.75. The minimum absolute atomic E-state index is 0.183. The number of halogens is 1. The van der Waals surface area contributed by atoms with Crippen molar-refractivity contribution in [3.63, 3.8) is 0 Å². The molecule has 0 radical (unpaired) electrons. The van der Waals surface area contributed by atoms with E-state index in [9.17, 15) is 4.39 Å². The number of nitrogens with two attached hydrogens (primary N) is 1. The minimum Gasteiger partial charge on any atom is -0.327 e. The summed E-state index contributed by atoms with van der Waals surface area (Å²) in [6.45, 7) is 2.96. The quantitative estimate of drug-likeness (QED) is 0.676. The lowest BCUT2D eigenvalue weighted by Crippen LogP contribution is -2.61. The SMILES string of the molecule is NC1C2CC1CN(CCCF)C2. The van der Waals surface area contributed by atoms with Gasteiger partial charge in [-0.2, -0.15) is 0 Å². The first-order chi connectivity index (χ1) is 5.81. The van der Waals surface area contributed by atoms with E-state index in [4.69, 9.17) is 5.73 Å². The van der Waals surface area contributed by atoms with Gasteiger partial charge < -0.3 is 10.6 Å². The summed E-state index contributed by atoms with van der Waals surface area (Å²) in [6, 6.07) is 0.451. The van der Waals surface area contributed by atoms with Crippen molar-refractivity contribution in [2.45, 2.75) is 18.9 Å². The van der Waals surface area contributed by atoms with Gasteiger partial charge in [0, 0.05) is 25.7 Å². The average molecular weight is 172 g/mol. The molecule has 3 heteroatoms. The number of rotatable bonds is 3. The summed E-state index contributed by atoms with van der Waals surface area (Å²) < 4.78 is 11.9. The third-order valence-corrected chi connectivity index (χ3v) is 3.29. The Morgan fingerprint density at radius 1 is 1.33 bits per heavy atom. The third kappa shape index (κ3) is 1.36. The summed E-state index contributed by atoms with van der Waals surface area (Å²) in [7, 11) is 0. The molecule has 1 aliphatic carbocycles. The molecule has 2 unspecified atom stereocenters. The number of piperidine rings is 2. The summed E-state index contributed by atoms with van der Waals surface area (Å²) >= 11 is 0. The first-order valence-corrected chi connectivity index (χ1v) is 4.85. The van der Waals surface area contributed by atoms with Crippen LogP contribution >= 0.6 is 0 Å². The van der Waals surface area contributed by atoms with Crippen molar-refractivity contribution >= 4 is 0 Å². The van der Waals surface area contributed by atoms with E-state index in [0.717, 1.165) is 19.6 Å². The molecule has 0 aromatic heterocycles. The monoisotopic (exact) mass is 172 g/mol. The van der Waals surface area contributed by atoms with E-state index in [1.165, 1.54) is 6.42 Å². The van der Waals surface area contributed by atoms with Crippen LogP contribution < -0.4 is 5.73 Å². The van der Waals surface area contributed by atoms with E-state index < -0.39 is 0 Å². The highest BCUT2D eigenvalue weighted by atomic mass is 19.1. The van der Waals surface area contributed by atoms with Gasteiger partial charge in [0.2, 0.25) is 0 Å². The zero-order chi connectivity index (χ0) is 8.55. The van der Waals surface area contributed by atoms with Crippen molar-refractivity contribution in [3.05, 3.63) is 0 Å². The van der Waals surface area contributed by atoms with Crippen LogP contribution in [0.5, 0.6) is 0 Å². The minimum atomic E-state index is -0.183. The van der Waals surface area contributed by atoms with Crippen molar-refractivity contribution in [3.8, 4) is 0 Å². The lowest BCUT2D eigenvalue weighted by atomic mass is 9.67. The smallest absolute Gasteiger partial charge is 0.0906 e. The summed E-state index contributed by atoms with van der Waals surface area (Å²) in [5.41, 5.74) is 5.92. The van der Waals surface area contributed by atoms with Gasteiger partial charge in [-0.3, -0.25) is 4.39 Å². The van der Waals surface area contributed by atoms with Crippen LogP contribution in [0.3, 0.4) is 0 Å². The van der Waals surface area contributed by atoms with Gasteiger partial charge in [0.15, 0.2) is 0 Å². The zero-order valence-corrected chi connectivity index (χ0v) is 7.38. The zero-order valence-electron chi connectivity index (χ0n) is 7.38. The predicted octanol–water partition coefficient (Wildman–Crippen LogP) is 0.625. The molecule has 2 heterocycles. The summed E-state index contributed by atoms with van der Waals surface area (Å²) in [5.74, 6) is 1.42. The highest BCUT2D eigenvalue weighted by molar-refractivity contribution is 4.99. The van der Waals surface area contributed by atoms with Crippen molar-refractivity contribution < 1.29 is 4.39 Å². The molecule has 3 rings (SSSR count). The highest BCUT2D eigenvalue weighted by Gasteiger charge is 2.43. The number of alkyl halides is 1. The molecular weight excluding hydrogens is 155 g/mol. The van der Waals surface area contributed by atoms with E-state index in [0.29, 0.717) is 24.3 Å². The largest absolute Gasteiger partial charge is 0.327 e. The van der Waals surface area contributed by atoms with Crippen LogP contribution in [0.1, 0.15) is 12.8 Å². The van der Waals surface area contributed by atoms with Gasteiger partial charge in [0.05, 0.1) is 6.67 Å². The van der Waals surface area contributed by atoms with E-state index in [1.807, 2.05) is 0 Å². The lowest BCUT2D eigenvalue weighted by molar-refractivity contribution is 0.00181. The molecule has 0 amide bonds. The molecule has 0 aromatic rings. The highest BCUT2D eigenvalue weighted by Crippen LogP contribution is 2.38. The van der Waals surface area contributed by atoms with Gasteiger partial charge in [-0.1, -0.05) is 0 Å². The molecule has 2 atom stereocenters. The molecule has 2 saturated heterocycles. The van der Waals surface area contributed by atoms with Crippen molar-refractivity contribution in [2.75, 3.05) is 26.3 Å². The molecule has 0 spiro atoms. The van der Waals surface area contributed by atoms with Gasteiger partial charge in [-0.15, -0.1) is 0 Å². The maximum atomic E-state index is 11.9. The maximum absolute atomic E-state index is 11.9. The van der Waals surface area contributed by atoms with E-state index in [-0.39, 0.29) is 6.67 Å². The standard InChI is InChI=1S/C9H17FN2/c10-2-1-3-12-5-7-4-8(6-12)9(7)11/h7-9H,1-6,11H2. The number of fused-ring (bicyclic) bond motifs is 2. The van der Waals surface area contributed by atoms with Crippen LogP contribution in [0.2, 0.25) is 0 Å². The molecule has 3 fully saturated rings. The van der Waals surface area contributed by atoms with Crippen LogP contribution in [-0.2, 0) is 0 Å². The van der Waals surface area contributed by atoms with Crippen LogP contribution in [0.25, 0.3) is 0 Å². The van der Waals surface area contributed by atoms with Crippen LogP contribution in [0, 0.1) is 11.8 Å². The molecule has 12 heavy (non-hydrogen) atoms. The molecule has 3 aliphatic rings. The second-order valence-electron chi connectivity index (χ2n) is 4.14. The van der Waals surface area contributed by atoms with Crippen molar-refractivity contribution in [2.24, 2.45) is 17.6 Å². The van der Waals surface area contributed by atoms with E-state index >= 15 is 0 Å². The Hall–Kier alpha value is -0.150. The van der Waals surface area contributed by atoms with Gasteiger partial charge in [-0.25, -0.2) is 0 Å². The fourth-order valence-electron chi connectivity index (χ4n) is 2.49. The Bertz CT molecular complexity index is 151. The average Bonchev–Trinajstić information content (AvgIpc) is 2.14. The molecular formula is C9H17FN2. The van der Waals surface area contributed by atoms with Gasteiger partial charge in [-0.05, 0) is 24.7 Å². The number of hydrogen-bond donors (Lipinski definition) is 1. The normalized spacial score (nSPS) is 41.0. The second kappa shape index (κ2) is 3.30. The summed E-state index contributed by atoms with van der Waals surface area (Å²) in [6.07, 6.45) is 2.00. The maximum Gasteiger partial charge on any atom is 0.0906 e. The number of hydrogen-bond acceptors (Lipinski definition) is 2. The Labute approximate surface area is 72.9 Å². The fraction of sp³-hybridized carbons (Fsp3) is 1.00. The van der Waals surface area contributed by atoms with Crippen molar-refractivity contribution in [1.82, 2.24) is 4.90 Å². The second-order valence-corrected chi connectivity index (χ2v) is 4.14. The molecule has 2 aliphatic heterocycles. The first-order valence-electron chi connectivity index (χ1n) is 4.85. The van der Waals surface area contributed by atoms with Crippen molar-refractivity contribution in [1.29, 1.82) is 0 Å². The Morgan fingerprint density at radius 2 is 2.00 bits per heavy atom. The lowest BCUT2D eigenvalue weighted by Gasteiger charge is -2.52. The molecule has 70 valence electrons. The number of nitrogens with zero attached hydrogens (tertiary/aromatic N) is 1. The summed E-state index contributed by atoms with van der Waals surface area (Å²) in [4.78, 5) is 2.36. The van der Waals surface area contributed by atoms with E-state index in [1.54, 1.807) is 0 Å². The Morgan fingerprint density at radius 3 is 2.50 bits per heavy atom. The van der Waals surface area contributed by atoms with Gasteiger partial charge >= 0.3 is 0 Å². The topological polar surface area (TPSA) is 29.3 Å². The van der Waals surface area contributed by atoms with Gasteiger partial charge in [0.25, 0.3) is 0 Å². The first kappa shape index (κ1) is 8.45. The van der Waals surface area contributed by atoms with E-state index in [2.05, 4.69) is 4.90 Å². The Kier molecular flexibility index (Phi) is 2.33.